The first-order chi connectivity index (χ1) is 6.93. The predicted molar refractivity (Wildman–Crippen MR) is 48.9 cm³/mol. The van der Waals surface area contributed by atoms with Crippen molar-refractivity contribution in [1.82, 2.24) is 4.98 Å². The lowest BCUT2D eigenvalue weighted by atomic mass is 10.1. The molecule has 0 aliphatic carbocycles. The monoisotopic (exact) mass is 214 g/mol. The Labute approximate surface area is 83.8 Å². The maximum Gasteiger partial charge on any atom is 0.290 e. The number of aromatic hydroxyl groups is 1. The Morgan fingerprint density at radius 2 is 2.07 bits per heavy atom. The largest absolute Gasteiger partial charge is 0.503 e. The van der Waals surface area contributed by atoms with E-state index >= 15 is 0 Å². The van der Waals surface area contributed by atoms with Gasteiger partial charge in [-0.3, -0.25) is 9.59 Å². The molecule has 1 amide bonds. The second-order valence-electron chi connectivity index (χ2n) is 2.94. The van der Waals surface area contributed by atoms with E-state index in [0.29, 0.717) is 0 Å². The minimum Gasteiger partial charge on any atom is -0.503 e. The lowest BCUT2D eigenvalue weighted by Gasteiger charge is -2.14. The molecule has 15 heavy (non-hydrogen) atoms. The Bertz CT molecular complexity index is 427. The van der Waals surface area contributed by atoms with Crippen LogP contribution in [-0.4, -0.2) is 32.3 Å². The van der Waals surface area contributed by atoms with Gasteiger partial charge in [0.1, 0.15) is 6.10 Å². The fraction of sp³-hybridized carbons (Fsp3) is 0.250. The number of aliphatic hydroxyl groups excluding tert-OH is 2. The zero-order valence-corrected chi connectivity index (χ0v) is 7.54. The molecule has 82 valence electrons. The number of hydrogen-bond acceptors (Lipinski definition) is 5. The van der Waals surface area contributed by atoms with Crippen LogP contribution >= 0.6 is 0 Å². The molecule has 0 aliphatic heterocycles. The van der Waals surface area contributed by atoms with Gasteiger partial charge in [-0.1, -0.05) is 0 Å². The number of aromatic amines is 1. The number of amides is 1. The summed E-state index contributed by atoms with van der Waals surface area (Å²) >= 11 is 0. The van der Waals surface area contributed by atoms with Crippen molar-refractivity contribution in [1.29, 1.82) is 0 Å². The topological polar surface area (TPSA) is 137 Å². The van der Waals surface area contributed by atoms with Gasteiger partial charge in [0, 0.05) is 11.8 Å². The highest BCUT2D eigenvalue weighted by Gasteiger charge is 2.24. The van der Waals surface area contributed by atoms with Crippen molar-refractivity contribution in [2.45, 2.75) is 12.2 Å². The van der Waals surface area contributed by atoms with Crippen LogP contribution in [0, 0.1) is 0 Å². The van der Waals surface area contributed by atoms with Gasteiger partial charge in [-0.15, -0.1) is 0 Å². The number of nitrogens with one attached hydrogen (secondary N) is 1. The highest BCUT2D eigenvalue weighted by molar-refractivity contribution is 5.79. The summed E-state index contributed by atoms with van der Waals surface area (Å²) in [5, 5.41) is 27.5. The summed E-state index contributed by atoms with van der Waals surface area (Å²) in [6.07, 6.45) is -2.32. The second-order valence-corrected chi connectivity index (χ2v) is 2.94. The van der Waals surface area contributed by atoms with E-state index in [1.807, 2.05) is 0 Å². The number of carbonyl (C=O) groups excluding carboxylic acids is 1. The van der Waals surface area contributed by atoms with Crippen LogP contribution in [0.3, 0.4) is 0 Å². The SMILES string of the molecule is NC(=O)C(O)C(O)c1c[nH]c(=O)c(O)c1. The van der Waals surface area contributed by atoms with Crippen molar-refractivity contribution in [2.75, 3.05) is 0 Å². The van der Waals surface area contributed by atoms with Crippen molar-refractivity contribution in [3.63, 3.8) is 0 Å². The van der Waals surface area contributed by atoms with Crippen LogP contribution < -0.4 is 11.3 Å². The molecule has 0 bridgehead atoms. The summed E-state index contributed by atoms with van der Waals surface area (Å²) in [7, 11) is 0. The first-order valence-electron chi connectivity index (χ1n) is 4.00. The maximum atomic E-state index is 10.8. The predicted octanol–water partition coefficient (Wildman–Crippen LogP) is -2.04. The number of rotatable bonds is 3. The third-order valence-corrected chi connectivity index (χ3v) is 1.84. The molecule has 0 aliphatic rings. The molecule has 1 aromatic rings. The van der Waals surface area contributed by atoms with E-state index in [-0.39, 0.29) is 5.56 Å². The molecular formula is C8H10N2O5. The first kappa shape index (κ1) is 11.2. The molecule has 1 heterocycles. The summed E-state index contributed by atoms with van der Waals surface area (Å²) in [6.45, 7) is 0. The molecule has 1 rings (SSSR count). The Morgan fingerprint density at radius 1 is 1.47 bits per heavy atom. The zero-order chi connectivity index (χ0) is 11.6. The van der Waals surface area contributed by atoms with Gasteiger partial charge in [-0.25, -0.2) is 0 Å². The van der Waals surface area contributed by atoms with Crippen LogP contribution in [0.2, 0.25) is 0 Å². The van der Waals surface area contributed by atoms with Crippen molar-refractivity contribution in [3.05, 3.63) is 28.2 Å². The number of aliphatic hydroxyl groups is 2. The van der Waals surface area contributed by atoms with Crippen LogP contribution in [-0.2, 0) is 4.79 Å². The van der Waals surface area contributed by atoms with E-state index in [2.05, 4.69) is 4.98 Å². The van der Waals surface area contributed by atoms with Crippen LogP contribution in [0.5, 0.6) is 5.75 Å². The molecule has 2 unspecified atom stereocenters. The highest BCUT2D eigenvalue weighted by atomic mass is 16.3. The van der Waals surface area contributed by atoms with E-state index in [9.17, 15) is 14.7 Å². The molecule has 0 fully saturated rings. The molecule has 2 atom stereocenters. The fourth-order valence-corrected chi connectivity index (χ4v) is 0.997. The molecule has 0 saturated heterocycles. The standard InChI is InChI=1S/C8H10N2O5/c9-7(14)6(13)5(12)3-1-4(11)8(15)10-2-3/h1-2,5-6,11-13H,(H2,9,14)(H,10,15). The Morgan fingerprint density at radius 3 is 2.53 bits per heavy atom. The Hall–Kier alpha value is -1.86. The summed E-state index contributed by atoms with van der Waals surface area (Å²) in [6, 6.07) is 0.940. The Balaban J connectivity index is 3.01. The van der Waals surface area contributed by atoms with E-state index in [1.54, 1.807) is 0 Å². The molecule has 6 N–H and O–H groups in total. The van der Waals surface area contributed by atoms with Crippen LogP contribution in [0.4, 0.5) is 0 Å². The summed E-state index contributed by atoms with van der Waals surface area (Å²) in [4.78, 5) is 23.4. The molecule has 0 spiro atoms. The molecule has 1 aromatic heterocycles. The van der Waals surface area contributed by atoms with E-state index in [0.717, 1.165) is 12.3 Å². The fourth-order valence-electron chi connectivity index (χ4n) is 0.997. The molecule has 0 aromatic carbocycles. The highest BCUT2D eigenvalue weighted by Crippen LogP contribution is 2.17. The van der Waals surface area contributed by atoms with Gasteiger partial charge in [0.25, 0.3) is 5.56 Å². The average Bonchev–Trinajstić information content (AvgIpc) is 2.19. The van der Waals surface area contributed by atoms with Crippen molar-refractivity contribution in [2.24, 2.45) is 5.73 Å². The number of primary amides is 1. The van der Waals surface area contributed by atoms with E-state index < -0.39 is 29.4 Å². The van der Waals surface area contributed by atoms with Crippen molar-refractivity contribution >= 4 is 5.91 Å². The van der Waals surface area contributed by atoms with Crippen molar-refractivity contribution < 1.29 is 20.1 Å². The first-order valence-corrected chi connectivity index (χ1v) is 4.00. The van der Waals surface area contributed by atoms with Crippen LogP contribution in [0.25, 0.3) is 0 Å². The van der Waals surface area contributed by atoms with E-state index in [4.69, 9.17) is 15.9 Å². The normalized spacial score (nSPS) is 14.5. The smallest absolute Gasteiger partial charge is 0.290 e. The average molecular weight is 214 g/mol. The van der Waals surface area contributed by atoms with Crippen LogP contribution in [0.15, 0.2) is 17.1 Å². The van der Waals surface area contributed by atoms with E-state index in [1.165, 1.54) is 0 Å². The molecular weight excluding hydrogens is 204 g/mol. The maximum absolute atomic E-state index is 10.8. The summed E-state index contributed by atoms with van der Waals surface area (Å²) < 4.78 is 0. The lowest BCUT2D eigenvalue weighted by molar-refractivity contribution is -0.132. The third-order valence-electron chi connectivity index (χ3n) is 1.84. The zero-order valence-electron chi connectivity index (χ0n) is 7.54. The second kappa shape index (κ2) is 4.11. The minimum absolute atomic E-state index is 0.0154. The van der Waals surface area contributed by atoms with Gasteiger partial charge in [-0.05, 0) is 6.07 Å². The van der Waals surface area contributed by atoms with Gasteiger partial charge in [0.2, 0.25) is 5.91 Å². The quantitative estimate of drug-likeness (QED) is 0.395. The van der Waals surface area contributed by atoms with Gasteiger partial charge < -0.3 is 26.0 Å². The number of nitrogens with two attached hydrogens (primary N) is 1. The molecule has 0 radical (unpaired) electrons. The van der Waals surface area contributed by atoms with Crippen molar-refractivity contribution in [3.8, 4) is 5.75 Å². The molecule has 7 nitrogen and oxygen atoms in total. The third kappa shape index (κ3) is 2.33. The number of hydrogen-bond donors (Lipinski definition) is 5. The number of H-pyrrole nitrogens is 1. The molecule has 7 heteroatoms. The molecule has 0 saturated carbocycles. The summed E-state index contributed by atoms with van der Waals surface area (Å²) in [5.74, 6) is -1.73. The summed E-state index contributed by atoms with van der Waals surface area (Å²) in [5.41, 5.74) is 4.01. The number of pyridine rings is 1. The number of carbonyl (C=O) groups is 1. The lowest BCUT2D eigenvalue weighted by Crippen LogP contribution is -2.34. The van der Waals surface area contributed by atoms with Gasteiger partial charge in [0.05, 0.1) is 0 Å². The Kier molecular flexibility index (Phi) is 3.08. The van der Waals surface area contributed by atoms with Crippen LogP contribution in [0.1, 0.15) is 11.7 Å². The van der Waals surface area contributed by atoms with Gasteiger partial charge in [0.15, 0.2) is 11.9 Å². The van der Waals surface area contributed by atoms with Gasteiger partial charge >= 0.3 is 0 Å². The minimum atomic E-state index is -1.80. The number of aromatic nitrogens is 1. The van der Waals surface area contributed by atoms with Gasteiger partial charge in [-0.2, -0.15) is 0 Å².